The number of fused-ring (bicyclic) bond motifs is 1. The summed E-state index contributed by atoms with van der Waals surface area (Å²) in [6.07, 6.45) is 3.95. The average Bonchev–Trinajstić information content (AvgIpc) is 3.05. The van der Waals surface area contributed by atoms with E-state index in [1.54, 1.807) is 18.2 Å². The van der Waals surface area contributed by atoms with Gasteiger partial charge >= 0.3 is 0 Å². The van der Waals surface area contributed by atoms with Crippen LogP contribution in [0.1, 0.15) is 71.4 Å². The van der Waals surface area contributed by atoms with Gasteiger partial charge in [-0.15, -0.1) is 0 Å². The lowest BCUT2D eigenvalue weighted by Crippen LogP contribution is -2.43. The number of carbonyl (C=O) groups is 1. The molecule has 1 aromatic carbocycles. The fourth-order valence-corrected chi connectivity index (χ4v) is 9.27. The van der Waals surface area contributed by atoms with Crippen molar-refractivity contribution >= 4 is 19.2 Å². The molecular weight excluding hydrogens is 457 g/mol. The van der Waals surface area contributed by atoms with E-state index in [-0.39, 0.29) is 42.2 Å². The van der Waals surface area contributed by atoms with Crippen molar-refractivity contribution in [1.29, 1.82) is 0 Å². The van der Waals surface area contributed by atoms with E-state index >= 15 is 4.57 Å². The number of hydrogen-bond donors (Lipinski definition) is 1. The first-order valence-corrected chi connectivity index (χ1v) is 13.6. The molecule has 1 aromatic rings. The molecular formula is C23H38N5O5P. The minimum absolute atomic E-state index is 0.00329. The van der Waals surface area contributed by atoms with Crippen LogP contribution in [0.3, 0.4) is 0 Å². The minimum Gasteiger partial charge on any atom is -0.275 e. The molecule has 10 nitrogen and oxygen atoms in total. The highest BCUT2D eigenvalue weighted by atomic mass is 31.2. The summed E-state index contributed by atoms with van der Waals surface area (Å²) in [6.45, 7) is 8.14. The second kappa shape index (κ2) is 10.8. The highest BCUT2D eigenvalue weighted by molar-refractivity contribution is 7.57. The maximum absolute atomic E-state index is 15.0. The average molecular weight is 496 g/mol. The highest BCUT2D eigenvalue weighted by Crippen LogP contribution is 2.64. The molecule has 1 saturated carbocycles. The van der Waals surface area contributed by atoms with Gasteiger partial charge in [0.25, 0.3) is 13.3 Å². The van der Waals surface area contributed by atoms with E-state index in [9.17, 15) is 14.9 Å². The molecule has 0 unspecified atom stereocenters. The lowest BCUT2D eigenvalue weighted by molar-refractivity contribution is -0.385. The summed E-state index contributed by atoms with van der Waals surface area (Å²) in [5.41, 5.74) is 0.228. The summed E-state index contributed by atoms with van der Waals surface area (Å²) >= 11 is 0. The number of nitro groups is 1. The second-order valence-corrected chi connectivity index (χ2v) is 12.0. The molecule has 1 aliphatic heterocycles. The smallest absolute Gasteiger partial charge is 0.275 e. The van der Waals surface area contributed by atoms with Gasteiger partial charge < -0.3 is 0 Å². The maximum atomic E-state index is 15.0. The molecule has 2 aliphatic rings. The lowest BCUT2D eigenvalue weighted by Gasteiger charge is -2.38. The number of rotatable bonds is 9. The van der Waals surface area contributed by atoms with Gasteiger partial charge in [-0.1, -0.05) is 31.0 Å². The van der Waals surface area contributed by atoms with Crippen LogP contribution in [0.5, 0.6) is 0 Å². The Kier molecular flexibility index (Phi) is 8.52. The van der Waals surface area contributed by atoms with Crippen LogP contribution in [0.2, 0.25) is 0 Å². The van der Waals surface area contributed by atoms with Crippen molar-refractivity contribution in [3.63, 3.8) is 0 Å². The fraction of sp³-hybridized carbons (Fsp3) is 0.696. The summed E-state index contributed by atoms with van der Waals surface area (Å²) in [6, 6.07) is 5.77. The molecule has 1 aliphatic carbocycles. The number of benzene rings is 1. The van der Waals surface area contributed by atoms with Crippen LogP contribution in [0, 0.1) is 10.1 Å². The quantitative estimate of drug-likeness (QED) is 0.303. The van der Waals surface area contributed by atoms with Gasteiger partial charge in [0.2, 0.25) is 5.91 Å². The van der Waals surface area contributed by atoms with E-state index < -0.39 is 18.6 Å². The van der Waals surface area contributed by atoms with Crippen LogP contribution in [-0.4, -0.2) is 63.6 Å². The number of para-hydroxylation sites is 1. The van der Waals surface area contributed by atoms with Gasteiger partial charge in [0.1, 0.15) is 0 Å². The van der Waals surface area contributed by atoms with Gasteiger partial charge in [-0.3, -0.25) is 24.3 Å². The first-order valence-electron chi connectivity index (χ1n) is 12.0. The first-order chi connectivity index (χ1) is 16.0. The Bertz CT molecular complexity index is 914. The van der Waals surface area contributed by atoms with Gasteiger partial charge in [0, 0.05) is 49.3 Å². The largest absolute Gasteiger partial charge is 0.285 e. The number of hydroxylamine groups is 2. The monoisotopic (exact) mass is 495 g/mol. The number of nitro benzene ring substituents is 1. The van der Waals surface area contributed by atoms with E-state index in [4.69, 9.17) is 4.84 Å². The SMILES string of the molecule is CON(C)C(=O)C[C@@H](NP1(=O)N(C(C)C)[C@H]2CCCC[C@@H]2N1C(C)C)c1ccccc1[N+](=O)[O-]. The zero-order valence-electron chi connectivity index (χ0n) is 21.0. The van der Waals surface area contributed by atoms with Crippen molar-refractivity contribution in [1.82, 2.24) is 19.5 Å². The van der Waals surface area contributed by atoms with Crippen molar-refractivity contribution in [2.45, 2.75) is 90.0 Å². The third kappa shape index (κ3) is 5.06. The third-order valence-electron chi connectivity index (χ3n) is 6.89. The Labute approximate surface area is 202 Å². The van der Waals surface area contributed by atoms with Gasteiger partial charge in [-0.2, -0.15) is 0 Å². The molecule has 0 radical (unpaired) electrons. The number of nitrogens with one attached hydrogen (secondary N) is 1. The standard InChI is InChI=1S/C23H38N5O5P/c1-16(2)26-21-13-9-10-14-22(21)27(17(3)4)34(26,32)24-19(15-23(29)25(5)33-6)18-11-7-8-12-20(18)28(30)31/h7-8,11-12,16-17,19,21-22H,9-10,13-15H2,1-6H3,(H,24,32)/t19-,21+,22+/m1/s1. The topological polar surface area (TPSA) is 108 Å². The molecule has 1 heterocycles. The molecule has 1 saturated heterocycles. The molecule has 3 atom stereocenters. The van der Waals surface area contributed by atoms with Gasteiger partial charge in [0.15, 0.2) is 0 Å². The van der Waals surface area contributed by atoms with Crippen LogP contribution in [0.15, 0.2) is 24.3 Å². The molecule has 3 rings (SSSR count). The van der Waals surface area contributed by atoms with Crippen molar-refractivity contribution < 1.29 is 19.1 Å². The van der Waals surface area contributed by atoms with Crippen molar-refractivity contribution in [2.24, 2.45) is 0 Å². The summed E-state index contributed by atoms with van der Waals surface area (Å²) < 4.78 is 19.2. The summed E-state index contributed by atoms with van der Waals surface area (Å²) in [5, 5.41) is 16.3. The summed E-state index contributed by atoms with van der Waals surface area (Å²) in [5.74, 6) is -0.367. The molecule has 1 N–H and O–H groups in total. The van der Waals surface area contributed by atoms with Crippen LogP contribution in [0.25, 0.3) is 0 Å². The van der Waals surface area contributed by atoms with Crippen LogP contribution in [0.4, 0.5) is 5.69 Å². The van der Waals surface area contributed by atoms with Gasteiger partial charge in [-0.05, 0) is 40.5 Å². The van der Waals surface area contributed by atoms with Gasteiger partial charge in [0.05, 0.1) is 18.1 Å². The molecule has 0 spiro atoms. The Balaban J connectivity index is 2.11. The van der Waals surface area contributed by atoms with E-state index in [0.717, 1.165) is 30.7 Å². The molecule has 190 valence electrons. The molecule has 0 bridgehead atoms. The Hall–Kier alpha value is -1.84. The predicted octanol–water partition coefficient (Wildman–Crippen LogP) is 4.49. The fourth-order valence-electron chi connectivity index (χ4n) is 5.54. The molecule has 1 amide bonds. The minimum atomic E-state index is -3.39. The number of carbonyl (C=O) groups excluding carboxylic acids is 1. The lowest BCUT2D eigenvalue weighted by atomic mass is 9.89. The van der Waals surface area contributed by atoms with Crippen molar-refractivity contribution in [3.8, 4) is 0 Å². The normalized spacial score (nSPS) is 23.8. The van der Waals surface area contributed by atoms with E-state index in [1.165, 1.54) is 20.2 Å². The van der Waals surface area contributed by atoms with E-state index in [0.29, 0.717) is 5.56 Å². The maximum Gasteiger partial charge on any atom is 0.285 e. The van der Waals surface area contributed by atoms with E-state index in [2.05, 4.69) is 14.4 Å². The zero-order valence-corrected chi connectivity index (χ0v) is 21.9. The molecule has 0 aromatic heterocycles. The number of hydrogen-bond acceptors (Lipinski definition) is 5. The Morgan fingerprint density at radius 2 is 1.71 bits per heavy atom. The predicted molar refractivity (Wildman–Crippen MR) is 131 cm³/mol. The summed E-state index contributed by atoms with van der Waals surface area (Å²) in [7, 11) is -0.515. The van der Waals surface area contributed by atoms with Gasteiger partial charge in [-0.25, -0.2) is 19.5 Å². The second-order valence-electron chi connectivity index (χ2n) is 9.69. The Morgan fingerprint density at radius 1 is 1.18 bits per heavy atom. The number of nitrogens with zero attached hydrogens (tertiary/aromatic N) is 4. The van der Waals surface area contributed by atoms with Crippen LogP contribution >= 0.6 is 7.59 Å². The third-order valence-corrected chi connectivity index (χ3v) is 10.3. The Morgan fingerprint density at radius 3 is 2.18 bits per heavy atom. The first kappa shape index (κ1) is 26.8. The summed E-state index contributed by atoms with van der Waals surface area (Å²) in [4.78, 5) is 29.3. The molecule has 11 heteroatoms. The number of amides is 1. The molecule has 2 fully saturated rings. The van der Waals surface area contributed by atoms with Crippen molar-refractivity contribution in [3.05, 3.63) is 39.9 Å². The van der Waals surface area contributed by atoms with Crippen molar-refractivity contribution in [2.75, 3.05) is 14.2 Å². The van der Waals surface area contributed by atoms with E-state index in [1.807, 2.05) is 27.7 Å². The van der Waals surface area contributed by atoms with Crippen LogP contribution < -0.4 is 5.09 Å². The zero-order chi connectivity index (χ0) is 25.2. The molecule has 34 heavy (non-hydrogen) atoms. The van der Waals surface area contributed by atoms with Crippen LogP contribution in [-0.2, 0) is 14.2 Å². The highest BCUT2D eigenvalue weighted by Gasteiger charge is 2.57.